The number of carbonyl (C=O) groups excluding carboxylic acids is 1. The number of ether oxygens (including phenoxy) is 3. The zero-order valence-electron chi connectivity index (χ0n) is 19.7. The highest BCUT2D eigenvalue weighted by Crippen LogP contribution is 2.35. The molecule has 0 heterocycles. The van der Waals surface area contributed by atoms with Crippen LogP contribution in [-0.4, -0.2) is 31.3 Å². The predicted octanol–water partition coefficient (Wildman–Crippen LogP) is 6.50. The summed E-state index contributed by atoms with van der Waals surface area (Å²) in [6, 6.07) is 29.2. The van der Waals surface area contributed by atoms with Crippen molar-refractivity contribution in [3.63, 3.8) is 0 Å². The fraction of sp³-hybridized carbons (Fsp3) is 0.103. The molecular weight excluding hydrogens is 476 g/mol. The molecule has 0 radical (unpaired) electrons. The van der Waals surface area contributed by atoms with E-state index < -0.39 is 18.0 Å². The van der Waals surface area contributed by atoms with Gasteiger partial charge in [0.15, 0.2) is 6.10 Å². The number of carbonyl (C=O) groups is 2. The molecule has 36 heavy (non-hydrogen) atoms. The molecule has 0 spiro atoms. The molecule has 4 aromatic carbocycles. The van der Waals surface area contributed by atoms with Gasteiger partial charge in [-0.15, -0.1) is 0 Å². The lowest BCUT2D eigenvalue weighted by atomic mass is 10.0. The molecule has 7 heteroatoms. The van der Waals surface area contributed by atoms with Crippen molar-refractivity contribution in [2.45, 2.75) is 15.9 Å². The van der Waals surface area contributed by atoms with E-state index in [9.17, 15) is 14.7 Å². The number of carboxylic acids is 1. The van der Waals surface area contributed by atoms with Gasteiger partial charge in [-0.25, -0.2) is 9.59 Å². The van der Waals surface area contributed by atoms with Crippen molar-refractivity contribution in [2.75, 3.05) is 14.2 Å². The van der Waals surface area contributed by atoms with Crippen molar-refractivity contribution in [2.24, 2.45) is 0 Å². The third kappa shape index (κ3) is 5.70. The van der Waals surface area contributed by atoms with Crippen molar-refractivity contribution in [3.8, 4) is 11.5 Å². The minimum Gasteiger partial charge on any atom is -0.496 e. The van der Waals surface area contributed by atoms with Gasteiger partial charge in [0.1, 0.15) is 22.6 Å². The number of methoxy groups -OCH3 is 2. The first-order valence-electron chi connectivity index (χ1n) is 11.1. The lowest BCUT2D eigenvalue weighted by molar-refractivity contribution is 0.0374. The van der Waals surface area contributed by atoms with Gasteiger partial charge in [0.05, 0.1) is 14.2 Å². The highest BCUT2D eigenvalue weighted by Gasteiger charge is 2.23. The number of esters is 1. The quantitative estimate of drug-likeness (QED) is 0.263. The zero-order chi connectivity index (χ0) is 25.5. The van der Waals surface area contributed by atoms with E-state index in [0.717, 1.165) is 16.0 Å². The fourth-order valence-electron chi connectivity index (χ4n) is 3.72. The van der Waals surface area contributed by atoms with Gasteiger partial charge in [-0.05, 0) is 47.5 Å². The summed E-state index contributed by atoms with van der Waals surface area (Å²) in [5.41, 5.74) is 2.03. The fourth-order valence-corrected chi connectivity index (χ4v) is 4.62. The van der Waals surface area contributed by atoms with Crippen LogP contribution in [0.1, 0.15) is 37.9 Å². The van der Waals surface area contributed by atoms with Gasteiger partial charge < -0.3 is 19.3 Å². The third-order valence-corrected chi connectivity index (χ3v) is 6.44. The third-order valence-electron chi connectivity index (χ3n) is 5.46. The maximum Gasteiger partial charge on any atom is 0.342 e. The van der Waals surface area contributed by atoms with Crippen molar-refractivity contribution in [1.29, 1.82) is 0 Å². The Kier molecular flexibility index (Phi) is 7.92. The van der Waals surface area contributed by atoms with E-state index in [1.165, 1.54) is 32.0 Å². The van der Waals surface area contributed by atoms with Crippen LogP contribution in [0.4, 0.5) is 0 Å². The molecule has 4 rings (SSSR count). The molecule has 4 aromatic rings. The molecule has 0 saturated heterocycles. The van der Waals surface area contributed by atoms with E-state index in [0.29, 0.717) is 10.6 Å². The Labute approximate surface area is 213 Å². The summed E-state index contributed by atoms with van der Waals surface area (Å²) < 4.78 is 16.6. The van der Waals surface area contributed by atoms with Gasteiger partial charge in [-0.3, -0.25) is 0 Å². The van der Waals surface area contributed by atoms with Gasteiger partial charge in [-0.2, -0.15) is 0 Å². The number of aromatic carboxylic acids is 1. The second-order valence-corrected chi connectivity index (χ2v) is 8.89. The molecule has 182 valence electrons. The minimum atomic E-state index is -1.08. The second-order valence-electron chi connectivity index (χ2n) is 7.74. The molecule has 0 aliphatic carbocycles. The van der Waals surface area contributed by atoms with Crippen molar-refractivity contribution < 1.29 is 28.9 Å². The molecule has 0 fully saturated rings. The smallest absolute Gasteiger partial charge is 0.342 e. The molecule has 0 unspecified atom stereocenters. The Morgan fingerprint density at radius 1 is 0.694 bits per heavy atom. The normalized spacial score (nSPS) is 10.6. The molecule has 0 bridgehead atoms. The molecular formula is C29H24O6S. The number of benzene rings is 4. The van der Waals surface area contributed by atoms with Crippen LogP contribution in [0.2, 0.25) is 0 Å². The van der Waals surface area contributed by atoms with Crippen LogP contribution in [-0.2, 0) is 4.74 Å². The zero-order valence-corrected chi connectivity index (χ0v) is 20.5. The molecule has 0 aliphatic rings. The first-order valence-corrected chi connectivity index (χ1v) is 11.9. The number of hydrogen-bond donors (Lipinski definition) is 1. The van der Waals surface area contributed by atoms with Crippen LogP contribution in [0.25, 0.3) is 0 Å². The van der Waals surface area contributed by atoms with Crippen LogP contribution >= 0.6 is 11.8 Å². The lowest BCUT2D eigenvalue weighted by Gasteiger charge is -2.20. The van der Waals surface area contributed by atoms with Gasteiger partial charge in [0.25, 0.3) is 0 Å². The average molecular weight is 501 g/mol. The summed E-state index contributed by atoms with van der Waals surface area (Å²) >= 11 is 1.32. The molecule has 1 N–H and O–H groups in total. The minimum absolute atomic E-state index is 0.0595. The van der Waals surface area contributed by atoms with Crippen molar-refractivity contribution >= 4 is 23.7 Å². The summed E-state index contributed by atoms with van der Waals surface area (Å²) in [4.78, 5) is 26.4. The molecule has 0 atom stereocenters. The summed E-state index contributed by atoms with van der Waals surface area (Å²) in [5, 5.41) is 9.48. The first-order chi connectivity index (χ1) is 17.5. The van der Waals surface area contributed by atoms with Crippen LogP contribution < -0.4 is 9.47 Å². The van der Waals surface area contributed by atoms with Crippen LogP contribution in [0, 0.1) is 0 Å². The van der Waals surface area contributed by atoms with Gasteiger partial charge in [0.2, 0.25) is 0 Å². The van der Waals surface area contributed by atoms with E-state index in [-0.39, 0.29) is 16.9 Å². The summed E-state index contributed by atoms with van der Waals surface area (Å²) in [7, 11) is 2.92. The maximum atomic E-state index is 13.4. The van der Waals surface area contributed by atoms with Crippen LogP contribution in [0.3, 0.4) is 0 Å². The summed E-state index contributed by atoms with van der Waals surface area (Å²) in [6.07, 6.45) is -0.597. The number of rotatable bonds is 9. The van der Waals surface area contributed by atoms with Crippen molar-refractivity contribution in [1.82, 2.24) is 0 Å². The Morgan fingerprint density at radius 2 is 1.17 bits per heavy atom. The monoisotopic (exact) mass is 500 g/mol. The lowest BCUT2D eigenvalue weighted by Crippen LogP contribution is -2.14. The van der Waals surface area contributed by atoms with E-state index in [4.69, 9.17) is 14.2 Å². The van der Waals surface area contributed by atoms with Gasteiger partial charge in [-0.1, -0.05) is 72.4 Å². The van der Waals surface area contributed by atoms with Gasteiger partial charge in [0, 0.05) is 9.79 Å². The molecule has 0 saturated carbocycles. The molecule has 0 amide bonds. The highest BCUT2D eigenvalue weighted by molar-refractivity contribution is 7.99. The van der Waals surface area contributed by atoms with E-state index >= 15 is 0 Å². The standard InChI is InChI=1S/C29H24O6S/c1-33-25-15-13-21(17-23(25)28(30)31)36-22-14-16-26(34-2)24(18-22)29(32)35-27(19-9-5-3-6-10-19)20-11-7-4-8-12-20/h3-18,27H,1-2H3,(H,30,31). The van der Waals surface area contributed by atoms with E-state index in [1.54, 1.807) is 30.3 Å². The Balaban J connectivity index is 1.64. The maximum absolute atomic E-state index is 13.4. The Morgan fingerprint density at radius 3 is 1.64 bits per heavy atom. The van der Waals surface area contributed by atoms with Crippen LogP contribution in [0.5, 0.6) is 11.5 Å². The van der Waals surface area contributed by atoms with Crippen molar-refractivity contribution in [3.05, 3.63) is 119 Å². The molecule has 6 nitrogen and oxygen atoms in total. The Bertz CT molecular complexity index is 1320. The topological polar surface area (TPSA) is 82.1 Å². The summed E-state index contributed by atoms with van der Waals surface area (Å²) in [5.74, 6) is -0.960. The SMILES string of the molecule is COc1ccc(Sc2ccc(OC)c(C(=O)OC(c3ccccc3)c3ccccc3)c2)cc1C(=O)O. The number of hydrogen-bond acceptors (Lipinski definition) is 6. The second kappa shape index (κ2) is 11.5. The molecule has 0 aromatic heterocycles. The first kappa shape index (κ1) is 24.9. The van der Waals surface area contributed by atoms with Crippen LogP contribution in [0.15, 0.2) is 107 Å². The summed E-state index contributed by atoms with van der Waals surface area (Å²) in [6.45, 7) is 0. The largest absolute Gasteiger partial charge is 0.496 e. The molecule has 0 aliphatic heterocycles. The number of carboxylic acid groups (broad SMARTS) is 1. The Hall–Kier alpha value is -4.23. The highest BCUT2D eigenvalue weighted by atomic mass is 32.2. The van der Waals surface area contributed by atoms with E-state index in [2.05, 4.69) is 0 Å². The van der Waals surface area contributed by atoms with Gasteiger partial charge >= 0.3 is 11.9 Å². The average Bonchev–Trinajstić information content (AvgIpc) is 2.92. The van der Waals surface area contributed by atoms with E-state index in [1.807, 2.05) is 60.7 Å². The predicted molar refractivity (Wildman–Crippen MR) is 137 cm³/mol.